The van der Waals surface area contributed by atoms with Crippen molar-refractivity contribution in [3.05, 3.63) is 29.6 Å². The average Bonchev–Trinajstić information content (AvgIpc) is 2.17. The third-order valence-electron chi connectivity index (χ3n) is 2.07. The molecule has 0 fully saturated rings. The quantitative estimate of drug-likeness (QED) is 0.733. The lowest BCUT2D eigenvalue weighted by atomic mass is 10.1. The van der Waals surface area contributed by atoms with E-state index in [1.54, 1.807) is 0 Å². The Morgan fingerprint density at radius 1 is 1.50 bits per heavy atom. The van der Waals surface area contributed by atoms with Crippen LogP contribution in [0.25, 0.3) is 0 Å². The fraction of sp³-hybridized carbons (Fsp3) is 0.417. The molecule has 0 aliphatic heterocycles. The lowest BCUT2D eigenvalue weighted by Gasteiger charge is -2.19. The maximum absolute atomic E-state index is 5.37. The van der Waals surface area contributed by atoms with Gasteiger partial charge >= 0.3 is 0 Å². The van der Waals surface area contributed by atoms with Crippen LogP contribution in [0.1, 0.15) is 25.1 Å². The van der Waals surface area contributed by atoms with E-state index in [2.05, 4.69) is 22.3 Å². The Morgan fingerprint density at radius 2 is 2.21 bits per heavy atom. The summed E-state index contributed by atoms with van der Waals surface area (Å²) in [6, 6.07) is 4.06. The summed E-state index contributed by atoms with van der Waals surface area (Å²) in [7, 11) is 0. The van der Waals surface area contributed by atoms with Crippen molar-refractivity contribution in [2.75, 3.05) is 0 Å². The van der Waals surface area contributed by atoms with Gasteiger partial charge in [-0.1, -0.05) is 12.0 Å². The van der Waals surface area contributed by atoms with E-state index in [-0.39, 0.29) is 5.54 Å². The zero-order valence-corrected chi connectivity index (χ0v) is 8.96. The Hall–Kier alpha value is -1.33. The van der Waals surface area contributed by atoms with Gasteiger partial charge in [-0.05, 0) is 32.4 Å². The largest absolute Gasteiger partial charge is 0.297 e. The minimum Gasteiger partial charge on any atom is -0.297 e. The predicted molar refractivity (Wildman–Crippen MR) is 58.7 cm³/mol. The van der Waals surface area contributed by atoms with Gasteiger partial charge in [-0.3, -0.25) is 10.3 Å². The van der Waals surface area contributed by atoms with Gasteiger partial charge in [0.15, 0.2) is 0 Å². The third-order valence-corrected chi connectivity index (χ3v) is 2.07. The summed E-state index contributed by atoms with van der Waals surface area (Å²) in [6.45, 7) is 6.69. The Kier molecular flexibility index (Phi) is 3.27. The van der Waals surface area contributed by atoms with E-state index in [4.69, 9.17) is 6.42 Å². The highest BCUT2D eigenvalue weighted by Crippen LogP contribution is 2.03. The lowest BCUT2D eigenvalue weighted by Crippen LogP contribution is -2.36. The van der Waals surface area contributed by atoms with E-state index in [0.717, 1.165) is 17.8 Å². The van der Waals surface area contributed by atoms with Gasteiger partial charge in [-0.15, -0.1) is 6.42 Å². The maximum atomic E-state index is 5.37. The molecule has 0 aromatic carbocycles. The molecular formula is C12H16N2. The van der Waals surface area contributed by atoms with Gasteiger partial charge in [0.2, 0.25) is 0 Å². The second kappa shape index (κ2) is 4.26. The molecule has 0 bridgehead atoms. The molecular weight excluding hydrogens is 172 g/mol. The highest BCUT2D eigenvalue weighted by atomic mass is 14.9. The van der Waals surface area contributed by atoms with Crippen molar-refractivity contribution in [3.8, 4) is 12.3 Å². The predicted octanol–water partition coefficient (Wildman–Crippen LogP) is 1.89. The number of terminal acetylenes is 1. The highest BCUT2D eigenvalue weighted by Gasteiger charge is 2.11. The van der Waals surface area contributed by atoms with Crippen LogP contribution in [0.3, 0.4) is 0 Å². The zero-order chi connectivity index (χ0) is 10.6. The number of aryl methyl sites for hydroxylation is 1. The molecule has 0 spiro atoms. The zero-order valence-electron chi connectivity index (χ0n) is 8.96. The lowest BCUT2D eigenvalue weighted by molar-refractivity contribution is 0.490. The molecule has 0 radical (unpaired) electrons. The van der Waals surface area contributed by atoms with Crippen LogP contribution in [-0.2, 0) is 6.54 Å². The molecule has 74 valence electrons. The number of aromatic nitrogens is 1. The summed E-state index contributed by atoms with van der Waals surface area (Å²) in [5, 5.41) is 3.27. The van der Waals surface area contributed by atoms with E-state index in [1.165, 1.54) is 0 Å². The number of nitrogens with zero attached hydrogens (tertiary/aromatic N) is 1. The summed E-state index contributed by atoms with van der Waals surface area (Å²) in [6.07, 6.45) is 7.24. The Balaban J connectivity index is 2.55. The molecule has 0 aliphatic carbocycles. The van der Waals surface area contributed by atoms with E-state index in [1.807, 2.05) is 33.0 Å². The van der Waals surface area contributed by atoms with E-state index >= 15 is 0 Å². The fourth-order valence-electron chi connectivity index (χ4n) is 0.977. The highest BCUT2D eigenvalue weighted by molar-refractivity contribution is 5.15. The van der Waals surface area contributed by atoms with Crippen molar-refractivity contribution >= 4 is 0 Å². The molecule has 0 saturated heterocycles. The van der Waals surface area contributed by atoms with E-state index < -0.39 is 0 Å². The molecule has 0 aliphatic rings. The van der Waals surface area contributed by atoms with Gasteiger partial charge in [-0.2, -0.15) is 0 Å². The normalized spacial score (nSPS) is 11.0. The van der Waals surface area contributed by atoms with E-state index in [0.29, 0.717) is 0 Å². The fourth-order valence-corrected chi connectivity index (χ4v) is 0.977. The van der Waals surface area contributed by atoms with Gasteiger partial charge in [0.25, 0.3) is 0 Å². The van der Waals surface area contributed by atoms with Crippen LogP contribution in [-0.4, -0.2) is 10.5 Å². The molecule has 1 aromatic heterocycles. The molecule has 0 saturated carbocycles. The maximum Gasteiger partial charge on any atom is 0.0743 e. The van der Waals surface area contributed by atoms with Crippen LogP contribution in [0.4, 0.5) is 0 Å². The molecule has 1 heterocycles. The molecule has 14 heavy (non-hydrogen) atoms. The van der Waals surface area contributed by atoms with Crippen LogP contribution in [0, 0.1) is 19.3 Å². The molecule has 2 heteroatoms. The number of hydrogen-bond acceptors (Lipinski definition) is 2. The molecule has 0 amide bonds. The van der Waals surface area contributed by atoms with Crippen molar-refractivity contribution in [2.24, 2.45) is 0 Å². The van der Waals surface area contributed by atoms with Crippen molar-refractivity contribution in [1.82, 2.24) is 10.3 Å². The first kappa shape index (κ1) is 10.7. The van der Waals surface area contributed by atoms with Crippen molar-refractivity contribution in [1.29, 1.82) is 0 Å². The first-order chi connectivity index (χ1) is 6.53. The smallest absolute Gasteiger partial charge is 0.0743 e. The summed E-state index contributed by atoms with van der Waals surface area (Å²) >= 11 is 0. The van der Waals surface area contributed by atoms with Gasteiger partial charge in [0.1, 0.15) is 0 Å². The van der Waals surface area contributed by atoms with Crippen molar-refractivity contribution in [2.45, 2.75) is 32.9 Å². The van der Waals surface area contributed by atoms with Crippen molar-refractivity contribution < 1.29 is 0 Å². The number of rotatable bonds is 3. The second-order valence-corrected chi connectivity index (χ2v) is 3.93. The Morgan fingerprint density at radius 3 is 2.71 bits per heavy atom. The summed E-state index contributed by atoms with van der Waals surface area (Å²) in [4.78, 5) is 4.21. The third kappa shape index (κ3) is 3.20. The van der Waals surface area contributed by atoms with Crippen LogP contribution in [0.5, 0.6) is 0 Å². The monoisotopic (exact) mass is 188 g/mol. The minimum atomic E-state index is -0.259. The molecule has 1 aromatic rings. The summed E-state index contributed by atoms with van der Waals surface area (Å²) < 4.78 is 0. The van der Waals surface area contributed by atoms with Crippen LogP contribution in [0.15, 0.2) is 18.3 Å². The molecule has 2 nitrogen and oxygen atoms in total. The minimum absolute atomic E-state index is 0.259. The van der Waals surface area contributed by atoms with Crippen LogP contribution >= 0.6 is 0 Å². The van der Waals surface area contributed by atoms with Gasteiger partial charge in [0.05, 0.1) is 5.54 Å². The molecule has 1 rings (SSSR count). The average molecular weight is 188 g/mol. The SMILES string of the molecule is C#CC(C)(C)NCc1ccc(C)nc1. The molecule has 0 atom stereocenters. The van der Waals surface area contributed by atoms with Crippen LogP contribution < -0.4 is 5.32 Å². The van der Waals surface area contributed by atoms with Crippen molar-refractivity contribution in [3.63, 3.8) is 0 Å². The summed E-state index contributed by atoms with van der Waals surface area (Å²) in [5.41, 5.74) is 1.93. The molecule has 0 unspecified atom stereocenters. The number of hydrogen-bond donors (Lipinski definition) is 1. The molecule has 1 N–H and O–H groups in total. The van der Waals surface area contributed by atoms with E-state index in [9.17, 15) is 0 Å². The van der Waals surface area contributed by atoms with Crippen LogP contribution in [0.2, 0.25) is 0 Å². The summed E-state index contributed by atoms with van der Waals surface area (Å²) in [5.74, 6) is 2.69. The second-order valence-electron chi connectivity index (χ2n) is 3.93. The number of pyridine rings is 1. The topological polar surface area (TPSA) is 24.9 Å². The number of nitrogens with one attached hydrogen (secondary N) is 1. The van der Waals surface area contributed by atoms with Gasteiger partial charge in [0, 0.05) is 18.4 Å². The standard InChI is InChI=1S/C12H16N2/c1-5-12(3,4)14-9-11-7-6-10(2)13-8-11/h1,6-8,14H,9H2,2-4H3. The Bertz CT molecular complexity index is 330. The first-order valence-electron chi connectivity index (χ1n) is 4.68. The van der Waals surface area contributed by atoms with Gasteiger partial charge in [-0.25, -0.2) is 0 Å². The first-order valence-corrected chi connectivity index (χ1v) is 4.68. The Labute approximate surface area is 85.8 Å². The van der Waals surface area contributed by atoms with Gasteiger partial charge < -0.3 is 0 Å².